The van der Waals surface area contributed by atoms with Crippen molar-refractivity contribution in [3.63, 3.8) is 0 Å². The normalized spacial score (nSPS) is 45.6. The largest absolute Gasteiger partial charge is 0.510 e. The Balaban J connectivity index is 0.000000193. The molecule has 0 aromatic heterocycles. The molecule has 4 nitrogen and oxygen atoms in total. The number of hydrogen-bond donors (Lipinski definition) is 1. The van der Waals surface area contributed by atoms with Gasteiger partial charge in [-0.3, -0.25) is 0 Å². The average Bonchev–Trinajstić information content (AvgIpc) is 3.94. The Kier molecular flexibility index (Phi) is 10.7. The highest BCUT2D eigenvalue weighted by Crippen LogP contribution is 2.79. The summed E-state index contributed by atoms with van der Waals surface area (Å²) in [5.74, 6) is -18.5. The predicted octanol–water partition coefficient (Wildman–Crippen LogP) is 12.7. The molecule has 8 saturated carbocycles. The maximum absolute atomic E-state index is 16.3. The van der Waals surface area contributed by atoms with Crippen LogP contribution in [0.2, 0.25) is 0 Å². The van der Waals surface area contributed by atoms with Crippen molar-refractivity contribution in [3.8, 4) is 0 Å². The molecule has 0 aromatic carbocycles. The third-order valence-corrected chi connectivity index (χ3v) is 17.9. The quantitative estimate of drug-likeness (QED) is 0.169. The second-order valence-corrected chi connectivity index (χ2v) is 21.3. The summed E-state index contributed by atoms with van der Waals surface area (Å²) < 4.78 is 264. The minimum absolute atomic E-state index is 0.00789. The number of carbonyl (C=O) groups is 1. The van der Waals surface area contributed by atoms with Gasteiger partial charge in [-0.15, -0.1) is 0 Å². The fourth-order valence-corrected chi connectivity index (χ4v) is 15.1. The zero-order valence-corrected chi connectivity index (χ0v) is 35.0. The van der Waals surface area contributed by atoms with E-state index < -0.39 is 144 Å². The highest BCUT2D eigenvalue weighted by molar-refractivity contribution is 5.61. The molecule has 8 rings (SSSR count). The summed E-state index contributed by atoms with van der Waals surface area (Å²) >= 11 is 0. The summed E-state index contributed by atoms with van der Waals surface area (Å²) in [4.78, 5) is 12.0. The Hall–Kier alpha value is -2.03. The second-order valence-electron chi connectivity index (χ2n) is 21.3. The van der Waals surface area contributed by atoms with Crippen LogP contribution in [0.1, 0.15) is 87.0 Å². The maximum atomic E-state index is 16.3. The standard InChI is InChI=1S/C23H29F9O3.C18H21F9O/c1-9-10(2)12-6-11(9)15-13-7-14(16(12)15)21(25,26)19(13,24)8-20(22(27,28)29,23(30,31)32)35-17(33)34-18(3,4)5;1-6-7(2)9-3-8(6)12-10-4-11(13(9)12)16(20,21)14(10,19)5-15(28,17(22,23)24)18(25,26)27/h9-16H,6-8H2,1-5H3;6-13,28H,3-5H2,1-2H3. The van der Waals surface area contributed by atoms with Crippen molar-refractivity contribution in [2.45, 2.75) is 152 Å². The highest BCUT2D eigenvalue weighted by Gasteiger charge is 2.88. The van der Waals surface area contributed by atoms with Gasteiger partial charge in [-0.2, -0.15) is 52.7 Å². The highest BCUT2D eigenvalue weighted by atomic mass is 19.4. The molecule has 0 spiro atoms. The second kappa shape index (κ2) is 13.8. The lowest BCUT2D eigenvalue weighted by Gasteiger charge is -2.51. The van der Waals surface area contributed by atoms with Gasteiger partial charge in [-0.25, -0.2) is 31.1 Å². The summed E-state index contributed by atoms with van der Waals surface area (Å²) in [7, 11) is 0. The number of aliphatic hydroxyl groups is 1. The summed E-state index contributed by atoms with van der Waals surface area (Å²) in [6.45, 7) is 11.0. The van der Waals surface area contributed by atoms with Gasteiger partial charge in [0.2, 0.25) is 0 Å². The molecule has 1 N–H and O–H groups in total. The van der Waals surface area contributed by atoms with Crippen LogP contribution in [0, 0.1) is 94.7 Å². The molecule has 8 fully saturated rings. The zero-order valence-electron chi connectivity index (χ0n) is 35.0. The van der Waals surface area contributed by atoms with E-state index in [1.54, 1.807) is 0 Å². The fraction of sp³-hybridized carbons (Fsp3) is 0.976. The molecule has 0 amide bonds. The first-order valence-corrected chi connectivity index (χ1v) is 21.1. The number of rotatable bonds is 5. The molecule has 18 unspecified atom stereocenters. The van der Waals surface area contributed by atoms with Gasteiger partial charge in [0, 0.05) is 36.5 Å². The number of hydrogen-bond acceptors (Lipinski definition) is 4. The zero-order chi connectivity index (χ0) is 48.0. The molecule has 0 saturated heterocycles. The van der Waals surface area contributed by atoms with Gasteiger partial charge in [-0.1, -0.05) is 27.7 Å². The fourth-order valence-electron chi connectivity index (χ4n) is 15.1. The topological polar surface area (TPSA) is 55.8 Å². The van der Waals surface area contributed by atoms with Crippen LogP contribution in [0.15, 0.2) is 0 Å². The van der Waals surface area contributed by atoms with Crippen molar-refractivity contribution >= 4 is 6.16 Å². The molecule has 22 heteroatoms. The van der Waals surface area contributed by atoms with Crippen LogP contribution in [0.25, 0.3) is 0 Å². The lowest BCUT2D eigenvalue weighted by atomic mass is 9.59. The van der Waals surface area contributed by atoms with Crippen LogP contribution in [0.5, 0.6) is 0 Å². The van der Waals surface area contributed by atoms with Crippen molar-refractivity contribution in [1.29, 1.82) is 0 Å². The van der Waals surface area contributed by atoms with Crippen molar-refractivity contribution in [2.75, 3.05) is 0 Å². The van der Waals surface area contributed by atoms with E-state index >= 15 is 17.6 Å². The van der Waals surface area contributed by atoms with Crippen LogP contribution in [-0.4, -0.2) is 76.0 Å². The third-order valence-electron chi connectivity index (χ3n) is 17.9. The van der Waals surface area contributed by atoms with E-state index in [-0.39, 0.29) is 47.3 Å². The molecule has 8 aliphatic carbocycles. The molecule has 364 valence electrons. The van der Waals surface area contributed by atoms with E-state index in [0.29, 0.717) is 12.8 Å². The summed E-state index contributed by atoms with van der Waals surface area (Å²) in [5, 5.41) is 9.41. The first-order valence-electron chi connectivity index (χ1n) is 21.1. The van der Waals surface area contributed by atoms with Crippen molar-refractivity contribution < 1.29 is 98.4 Å². The molecule has 0 heterocycles. The Morgan fingerprint density at radius 3 is 1.08 bits per heavy atom. The predicted molar refractivity (Wildman–Crippen MR) is 183 cm³/mol. The molecular weight excluding hydrogens is 898 g/mol. The van der Waals surface area contributed by atoms with E-state index in [9.17, 15) is 71.4 Å². The van der Waals surface area contributed by atoms with Crippen molar-refractivity contribution in [3.05, 3.63) is 0 Å². The van der Waals surface area contributed by atoms with Gasteiger partial charge >= 0.3 is 36.5 Å². The summed E-state index contributed by atoms with van der Waals surface area (Å²) in [6.07, 6.45) is -33.2. The number of halogens is 18. The van der Waals surface area contributed by atoms with Gasteiger partial charge in [-0.05, 0) is 117 Å². The van der Waals surface area contributed by atoms with Crippen molar-refractivity contribution in [1.82, 2.24) is 0 Å². The average molecular weight is 949 g/mol. The molecule has 0 aliphatic heterocycles. The van der Waals surface area contributed by atoms with Gasteiger partial charge in [0.25, 0.3) is 17.4 Å². The number of fused-ring (bicyclic) bond motifs is 18. The van der Waals surface area contributed by atoms with E-state index in [2.05, 4.69) is 9.47 Å². The minimum Gasteiger partial charge on any atom is -0.429 e. The summed E-state index contributed by atoms with van der Waals surface area (Å²) in [5.41, 5.74) is -20.8. The van der Waals surface area contributed by atoms with Gasteiger partial charge < -0.3 is 14.6 Å². The van der Waals surface area contributed by atoms with Gasteiger partial charge in [0.1, 0.15) is 5.60 Å². The molecule has 0 aromatic rings. The number of carbonyl (C=O) groups excluding carboxylic acids is 1. The monoisotopic (exact) mass is 948 g/mol. The summed E-state index contributed by atoms with van der Waals surface area (Å²) in [6, 6.07) is 0. The first kappa shape index (κ1) is 48.9. The molecule has 63 heavy (non-hydrogen) atoms. The molecule has 0 radical (unpaired) electrons. The van der Waals surface area contributed by atoms with Crippen molar-refractivity contribution in [2.24, 2.45) is 94.7 Å². The van der Waals surface area contributed by atoms with Crippen LogP contribution >= 0.6 is 0 Å². The van der Waals surface area contributed by atoms with Crippen LogP contribution in [0.3, 0.4) is 0 Å². The lowest BCUT2D eigenvalue weighted by molar-refractivity contribution is -0.385. The van der Waals surface area contributed by atoms with E-state index in [1.807, 2.05) is 27.7 Å². The van der Waals surface area contributed by atoms with Crippen LogP contribution < -0.4 is 0 Å². The number of alkyl halides is 18. The number of ether oxygens (including phenoxy) is 2. The maximum Gasteiger partial charge on any atom is 0.510 e. The minimum atomic E-state index is -6.44. The SMILES string of the molecule is CC1C(C)C2CC1C1C2C2CC1C(F)(F)C2(F)CC(O)(C(F)(F)F)C(F)(F)F.CC1C(C)C2CC1C1C2C2CC1C(F)(F)C2(F)CC(OC(=O)OC(C)(C)C)(C(F)(F)F)C(F)(F)F. The molecular formula is C41H50F18O4. The Labute approximate surface area is 350 Å². The Morgan fingerprint density at radius 1 is 0.492 bits per heavy atom. The van der Waals surface area contributed by atoms with Crippen LogP contribution in [0.4, 0.5) is 83.8 Å². The third kappa shape index (κ3) is 6.36. The Bertz CT molecular complexity index is 1770. The van der Waals surface area contributed by atoms with E-state index in [4.69, 9.17) is 0 Å². The van der Waals surface area contributed by atoms with Crippen LogP contribution in [-0.2, 0) is 9.47 Å². The van der Waals surface area contributed by atoms with E-state index in [1.165, 1.54) is 0 Å². The van der Waals surface area contributed by atoms with Gasteiger partial charge in [0.05, 0.1) is 0 Å². The van der Waals surface area contributed by atoms with Gasteiger partial charge in [0.15, 0.2) is 11.3 Å². The molecule has 8 bridgehead atoms. The molecule has 18 atom stereocenters. The first-order chi connectivity index (χ1) is 28.1. The lowest BCUT2D eigenvalue weighted by Crippen LogP contribution is -2.67. The Morgan fingerprint density at radius 2 is 0.794 bits per heavy atom. The smallest absolute Gasteiger partial charge is 0.429 e. The molecule has 8 aliphatic rings. The van der Waals surface area contributed by atoms with E-state index in [0.717, 1.165) is 20.8 Å².